The molecule has 8 heteroatoms. The Bertz CT molecular complexity index is 673. The van der Waals surface area contributed by atoms with Crippen LogP contribution in [-0.4, -0.2) is 32.0 Å². The van der Waals surface area contributed by atoms with E-state index in [1.807, 2.05) is 36.3 Å². The van der Waals surface area contributed by atoms with Crippen LogP contribution in [0.1, 0.15) is 29.9 Å². The lowest BCUT2D eigenvalue weighted by Crippen LogP contribution is -2.26. The number of aryl methyl sites for hydroxylation is 4. The Morgan fingerprint density at radius 2 is 1.91 bits per heavy atom. The van der Waals surface area contributed by atoms with Gasteiger partial charge in [0.25, 0.3) is 0 Å². The summed E-state index contributed by atoms with van der Waals surface area (Å²) in [6.07, 6.45) is 3.24. The van der Waals surface area contributed by atoms with Crippen molar-refractivity contribution in [3.8, 4) is 0 Å². The Hall–Kier alpha value is -1.15. The highest BCUT2D eigenvalue weighted by molar-refractivity contribution is 9.10. The lowest BCUT2D eigenvalue weighted by atomic mass is 10.3. The van der Waals surface area contributed by atoms with Gasteiger partial charge in [0.15, 0.2) is 0 Å². The molecule has 2 aromatic heterocycles. The molecule has 0 saturated carbocycles. The number of hydrogen-bond acceptors (Lipinski definition) is 3. The molecule has 1 amide bonds. The zero-order valence-corrected chi connectivity index (χ0v) is 16.7. The topological polar surface area (TPSA) is 64.7 Å². The van der Waals surface area contributed by atoms with Gasteiger partial charge in [-0.2, -0.15) is 10.2 Å². The second-order valence-corrected chi connectivity index (χ2v) is 7.13. The summed E-state index contributed by atoms with van der Waals surface area (Å²) in [5.41, 5.74) is 2.98. The molecule has 2 heterocycles. The maximum Gasteiger partial charge on any atom is 0.221 e. The van der Waals surface area contributed by atoms with Crippen LogP contribution in [0.5, 0.6) is 0 Å². The van der Waals surface area contributed by atoms with Crippen LogP contribution in [-0.2, 0) is 17.9 Å². The Kier molecular flexibility index (Phi) is 6.41. The predicted molar refractivity (Wildman–Crippen MR) is 96.3 cm³/mol. The molecule has 0 aliphatic carbocycles. The number of carbonyl (C=O) groups excluding carboxylic acids is 1. The number of rotatable bonds is 7. The third-order valence-electron chi connectivity index (χ3n) is 3.62. The van der Waals surface area contributed by atoms with Gasteiger partial charge in [0.05, 0.1) is 26.9 Å². The molecule has 0 aromatic carbocycles. The summed E-state index contributed by atoms with van der Waals surface area (Å²) in [6.45, 7) is 7.93. The van der Waals surface area contributed by atoms with Crippen molar-refractivity contribution in [2.24, 2.45) is 0 Å². The smallest absolute Gasteiger partial charge is 0.221 e. The summed E-state index contributed by atoms with van der Waals surface area (Å²) in [7, 11) is 0. The van der Waals surface area contributed by atoms with E-state index in [2.05, 4.69) is 47.4 Å². The summed E-state index contributed by atoms with van der Waals surface area (Å²) < 4.78 is 5.78. The van der Waals surface area contributed by atoms with Crippen LogP contribution in [0.4, 0.5) is 0 Å². The molecular weight excluding hydrogens is 426 g/mol. The van der Waals surface area contributed by atoms with Gasteiger partial charge in [-0.25, -0.2) is 0 Å². The van der Waals surface area contributed by atoms with Gasteiger partial charge >= 0.3 is 0 Å². The monoisotopic (exact) mass is 445 g/mol. The first-order chi connectivity index (χ1) is 10.9. The Labute approximate surface area is 152 Å². The van der Waals surface area contributed by atoms with E-state index in [9.17, 15) is 4.79 Å². The fourth-order valence-electron chi connectivity index (χ4n) is 2.27. The van der Waals surface area contributed by atoms with Crippen molar-refractivity contribution in [1.29, 1.82) is 0 Å². The van der Waals surface area contributed by atoms with Crippen LogP contribution < -0.4 is 5.32 Å². The SMILES string of the molecule is Cc1nn(CCCNC(=O)CCn2nc(C)c(Br)c2C)cc1Br. The van der Waals surface area contributed by atoms with Gasteiger partial charge in [-0.3, -0.25) is 14.2 Å². The molecule has 6 nitrogen and oxygen atoms in total. The van der Waals surface area contributed by atoms with Crippen molar-refractivity contribution < 1.29 is 4.79 Å². The van der Waals surface area contributed by atoms with Crippen LogP contribution in [0.15, 0.2) is 15.1 Å². The number of carbonyl (C=O) groups is 1. The predicted octanol–water partition coefficient (Wildman–Crippen LogP) is 3.13. The maximum atomic E-state index is 11.9. The van der Waals surface area contributed by atoms with E-state index in [1.54, 1.807) is 0 Å². The Morgan fingerprint density at radius 1 is 1.17 bits per heavy atom. The largest absolute Gasteiger partial charge is 0.356 e. The van der Waals surface area contributed by atoms with Crippen LogP contribution in [0.3, 0.4) is 0 Å². The van der Waals surface area contributed by atoms with Crippen LogP contribution >= 0.6 is 31.9 Å². The van der Waals surface area contributed by atoms with Crippen LogP contribution in [0.2, 0.25) is 0 Å². The molecule has 0 unspecified atom stereocenters. The molecule has 0 aliphatic heterocycles. The first-order valence-electron chi connectivity index (χ1n) is 7.54. The highest BCUT2D eigenvalue weighted by Crippen LogP contribution is 2.19. The molecule has 0 fully saturated rings. The van der Waals surface area contributed by atoms with E-state index in [4.69, 9.17) is 0 Å². The van der Waals surface area contributed by atoms with E-state index in [0.29, 0.717) is 19.5 Å². The van der Waals surface area contributed by atoms with Crippen molar-refractivity contribution in [2.75, 3.05) is 6.54 Å². The van der Waals surface area contributed by atoms with Crippen LogP contribution in [0.25, 0.3) is 0 Å². The lowest BCUT2D eigenvalue weighted by molar-refractivity contribution is -0.121. The molecule has 0 spiro atoms. The van der Waals surface area contributed by atoms with Gasteiger partial charge in [-0.15, -0.1) is 0 Å². The van der Waals surface area contributed by atoms with Gasteiger partial charge in [0.1, 0.15) is 0 Å². The third kappa shape index (κ3) is 4.91. The second kappa shape index (κ2) is 8.10. The molecule has 1 N–H and O–H groups in total. The Balaban J connectivity index is 1.68. The molecular formula is C15H21Br2N5O. The Morgan fingerprint density at radius 3 is 2.48 bits per heavy atom. The standard InChI is InChI=1S/C15H21Br2N5O/c1-10-13(16)9-21(19-10)7-4-6-18-14(23)5-8-22-12(3)15(17)11(2)20-22/h9H,4-8H2,1-3H3,(H,18,23). The van der Waals surface area contributed by atoms with Crippen LogP contribution in [0, 0.1) is 20.8 Å². The quantitative estimate of drug-likeness (QED) is 0.664. The lowest BCUT2D eigenvalue weighted by Gasteiger charge is -2.07. The molecule has 2 aromatic rings. The van der Waals surface area contributed by atoms with Gasteiger partial charge < -0.3 is 5.32 Å². The highest BCUT2D eigenvalue weighted by atomic mass is 79.9. The van der Waals surface area contributed by atoms with E-state index in [0.717, 1.165) is 39.0 Å². The molecule has 0 saturated heterocycles. The minimum Gasteiger partial charge on any atom is -0.356 e. The molecule has 0 bridgehead atoms. The maximum absolute atomic E-state index is 11.9. The first kappa shape index (κ1) is 18.2. The minimum atomic E-state index is 0.0477. The number of aromatic nitrogens is 4. The first-order valence-corrected chi connectivity index (χ1v) is 9.13. The van der Waals surface area contributed by atoms with Gasteiger partial charge in [-0.1, -0.05) is 0 Å². The molecule has 23 heavy (non-hydrogen) atoms. The number of nitrogens with one attached hydrogen (secondary N) is 1. The molecule has 126 valence electrons. The number of amides is 1. The summed E-state index contributed by atoms with van der Waals surface area (Å²) in [5, 5.41) is 11.7. The summed E-state index contributed by atoms with van der Waals surface area (Å²) in [5.74, 6) is 0.0477. The van der Waals surface area contributed by atoms with Crippen molar-refractivity contribution in [3.63, 3.8) is 0 Å². The highest BCUT2D eigenvalue weighted by Gasteiger charge is 2.10. The minimum absolute atomic E-state index is 0.0477. The average molecular weight is 447 g/mol. The summed E-state index contributed by atoms with van der Waals surface area (Å²) in [6, 6.07) is 0. The fourth-order valence-corrected chi connectivity index (χ4v) is 2.87. The van der Waals surface area contributed by atoms with Gasteiger partial charge in [-0.05, 0) is 59.1 Å². The normalized spacial score (nSPS) is 11.0. The van der Waals surface area contributed by atoms with Gasteiger partial charge in [0, 0.05) is 31.4 Å². The van der Waals surface area contributed by atoms with Crippen molar-refractivity contribution >= 4 is 37.8 Å². The van der Waals surface area contributed by atoms with E-state index < -0.39 is 0 Å². The van der Waals surface area contributed by atoms with E-state index in [1.165, 1.54) is 0 Å². The molecule has 0 atom stereocenters. The number of nitrogens with zero attached hydrogens (tertiary/aromatic N) is 4. The molecule has 0 aliphatic rings. The second-order valence-electron chi connectivity index (χ2n) is 5.49. The van der Waals surface area contributed by atoms with Gasteiger partial charge in [0.2, 0.25) is 5.91 Å². The number of halogens is 2. The summed E-state index contributed by atoms with van der Waals surface area (Å²) in [4.78, 5) is 11.9. The van der Waals surface area contributed by atoms with Crippen molar-refractivity contribution in [1.82, 2.24) is 24.9 Å². The summed E-state index contributed by atoms with van der Waals surface area (Å²) >= 11 is 6.93. The van der Waals surface area contributed by atoms with E-state index in [-0.39, 0.29) is 5.91 Å². The number of hydrogen-bond donors (Lipinski definition) is 1. The average Bonchev–Trinajstić information content (AvgIpc) is 2.95. The zero-order valence-electron chi connectivity index (χ0n) is 13.6. The fraction of sp³-hybridized carbons (Fsp3) is 0.533. The van der Waals surface area contributed by atoms with E-state index >= 15 is 0 Å². The molecule has 2 rings (SSSR count). The van der Waals surface area contributed by atoms with Crippen molar-refractivity contribution in [3.05, 3.63) is 32.2 Å². The molecule has 0 radical (unpaired) electrons. The van der Waals surface area contributed by atoms with Crippen molar-refractivity contribution in [2.45, 2.75) is 46.7 Å². The zero-order chi connectivity index (χ0) is 17.0. The third-order valence-corrected chi connectivity index (χ3v) is 5.54.